The highest BCUT2D eigenvalue weighted by atomic mass is 35.5. The number of carbonyl (C=O) groups excluding carboxylic acids is 2. The number of benzene rings is 2. The molecule has 0 heterocycles. The maximum absolute atomic E-state index is 13.2. The Morgan fingerprint density at radius 3 is 2.38 bits per heavy atom. The number of carbonyl (C=O) groups is 2. The summed E-state index contributed by atoms with van der Waals surface area (Å²) < 4.78 is 70.0. The van der Waals surface area contributed by atoms with Crippen molar-refractivity contribution in [3.05, 3.63) is 58.6 Å². The van der Waals surface area contributed by atoms with Gasteiger partial charge in [0.05, 0.1) is 28.7 Å². The second kappa shape index (κ2) is 13.2. The van der Waals surface area contributed by atoms with Gasteiger partial charge in [0, 0.05) is 6.04 Å². The lowest BCUT2D eigenvalue weighted by Gasteiger charge is -2.22. The van der Waals surface area contributed by atoms with Crippen molar-refractivity contribution >= 4 is 45.3 Å². The number of anilines is 1. The Balaban J connectivity index is 1.54. The van der Waals surface area contributed by atoms with Gasteiger partial charge in [-0.1, -0.05) is 30.9 Å². The number of hydrogen-bond acceptors (Lipinski definition) is 6. The fraction of sp³-hybridized carbons (Fsp3) is 0.400. The first kappa shape index (κ1) is 30.2. The fourth-order valence-corrected chi connectivity index (χ4v) is 5.02. The largest absolute Gasteiger partial charge is 0.484 e. The van der Waals surface area contributed by atoms with E-state index in [-0.39, 0.29) is 24.2 Å². The average Bonchev–Trinajstić information content (AvgIpc) is 2.86. The lowest BCUT2D eigenvalue weighted by molar-refractivity contribution is -0.137. The molecule has 0 unspecified atom stereocenters. The van der Waals surface area contributed by atoms with Gasteiger partial charge in [-0.25, -0.2) is 13.8 Å². The van der Waals surface area contributed by atoms with Gasteiger partial charge in [0.15, 0.2) is 6.61 Å². The molecule has 1 aliphatic carbocycles. The van der Waals surface area contributed by atoms with E-state index < -0.39 is 39.2 Å². The molecule has 0 spiro atoms. The number of amides is 2. The first-order chi connectivity index (χ1) is 18.3. The van der Waals surface area contributed by atoms with Crippen molar-refractivity contribution in [3.8, 4) is 5.75 Å². The summed E-state index contributed by atoms with van der Waals surface area (Å²) in [5.41, 5.74) is 1.09. The van der Waals surface area contributed by atoms with Crippen molar-refractivity contribution in [2.75, 3.05) is 23.7 Å². The lowest BCUT2D eigenvalue weighted by Crippen LogP contribution is -2.39. The predicted octanol–water partition coefficient (Wildman–Crippen LogP) is 4.10. The number of hydrazone groups is 1. The molecule has 212 valence electrons. The van der Waals surface area contributed by atoms with E-state index in [9.17, 15) is 31.2 Å². The van der Waals surface area contributed by atoms with Crippen molar-refractivity contribution in [1.82, 2.24) is 10.7 Å². The minimum absolute atomic E-state index is 0.116. The van der Waals surface area contributed by atoms with Crippen LogP contribution in [0.25, 0.3) is 0 Å². The minimum atomic E-state index is -4.81. The number of hydrogen-bond donors (Lipinski definition) is 2. The molecule has 1 aliphatic rings. The molecule has 0 radical (unpaired) electrons. The second-order valence-electron chi connectivity index (χ2n) is 8.98. The van der Waals surface area contributed by atoms with Gasteiger partial charge in [-0.2, -0.15) is 18.3 Å². The quantitative estimate of drug-likeness (QED) is 0.320. The standard InChI is InChI=1S/C25H28ClF3N4O5S/c1-39(36,37)33(19-9-12-22(26)21(13-19)25(27,28)29)15-23(34)32-30-14-17-7-10-20(11-8-17)38-16-24(35)31-18-5-3-2-4-6-18/h7-14,18H,2-6,15-16H2,1H3,(H,31,35)(H,32,34)/b30-14-. The zero-order valence-electron chi connectivity index (χ0n) is 21.0. The van der Waals surface area contributed by atoms with Gasteiger partial charge in [0.1, 0.15) is 12.3 Å². The van der Waals surface area contributed by atoms with Gasteiger partial charge in [-0.3, -0.25) is 13.9 Å². The number of sulfonamides is 1. The van der Waals surface area contributed by atoms with E-state index in [4.69, 9.17) is 16.3 Å². The minimum Gasteiger partial charge on any atom is -0.484 e. The summed E-state index contributed by atoms with van der Waals surface area (Å²) >= 11 is 5.60. The molecule has 9 nitrogen and oxygen atoms in total. The van der Waals surface area contributed by atoms with E-state index in [0.29, 0.717) is 21.7 Å². The van der Waals surface area contributed by atoms with Crippen LogP contribution in [0.5, 0.6) is 5.75 Å². The van der Waals surface area contributed by atoms with Crippen LogP contribution in [0.4, 0.5) is 18.9 Å². The molecule has 2 aromatic rings. The Morgan fingerprint density at radius 1 is 1.10 bits per heavy atom. The number of rotatable bonds is 10. The van der Waals surface area contributed by atoms with Crippen molar-refractivity contribution in [2.45, 2.75) is 44.3 Å². The molecule has 0 bridgehead atoms. The molecule has 14 heteroatoms. The van der Waals surface area contributed by atoms with Crippen LogP contribution in [0.1, 0.15) is 43.2 Å². The first-order valence-corrected chi connectivity index (χ1v) is 14.2. The van der Waals surface area contributed by atoms with Crippen LogP contribution in [0.2, 0.25) is 5.02 Å². The molecule has 1 saturated carbocycles. The third kappa shape index (κ3) is 9.43. The topological polar surface area (TPSA) is 117 Å². The monoisotopic (exact) mass is 588 g/mol. The fourth-order valence-electron chi connectivity index (χ4n) is 3.95. The number of nitrogens with one attached hydrogen (secondary N) is 2. The highest BCUT2D eigenvalue weighted by Gasteiger charge is 2.34. The molecule has 0 atom stereocenters. The van der Waals surface area contributed by atoms with E-state index in [1.165, 1.54) is 12.6 Å². The van der Waals surface area contributed by atoms with E-state index in [2.05, 4.69) is 15.8 Å². The Kier molecular flexibility index (Phi) is 10.2. The number of halogens is 4. The number of alkyl halides is 3. The third-order valence-electron chi connectivity index (χ3n) is 5.85. The SMILES string of the molecule is CS(=O)(=O)N(CC(=O)N/N=C\c1ccc(OCC(=O)NC2CCCCC2)cc1)c1ccc(Cl)c(C(F)(F)F)c1. The Morgan fingerprint density at radius 2 is 1.77 bits per heavy atom. The van der Waals surface area contributed by atoms with Crippen LogP contribution in [-0.2, 0) is 25.8 Å². The molecule has 0 aromatic heterocycles. The van der Waals surface area contributed by atoms with Crippen LogP contribution >= 0.6 is 11.6 Å². The van der Waals surface area contributed by atoms with Gasteiger partial charge in [-0.15, -0.1) is 0 Å². The van der Waals surface area contributed by atoms with E-state index in [1.807, 2.05) is 0 Å². The summed E-state index contributed by atoms with van der Waals surface area (Å²) in [7, 11) is -4.12. The molecule has 2 N–H and O–H groups in total. The zero-order chi connectivity index (χ0) is 28.6. The second-order valence-corrected chi connectivity index (χ2v) is 11.3. The van der Waals surface area contributed by atoms with Crippen LogP contribution < -0.4 is 19.8 Å². The third-order valence-corrected chi connectivity index (χ3v) is 7.32. The molecular formula is C25H28ClF3N4O5S. The maximum Gasteiger partial charge on any atom is 0.417 e. The molecule has 0 saturated heterocycles. The van der Waals surface area contributed by atoms with Crippen molar-refractivity contribution in [1.29, 1.82) is 0 Å². The van der Waals surface area contributed by atoms with E-state index in [1.54, 1.807) is 24.3 Å². The summed E-state index contributed by atoms with van der Waals surface area (Å²) in [6.07, 6.45) is 2.58. The molecule has 2 amide bonds. The van der Waals surface area contributed by atoms with Crippen LogP contribution in [0, 0.1) is 0 Å². The maximum atomic E-state index is 13.2. The van der Waals surface area contributed by atoms with Crippen LogP contribution in [0.15, 0.2) is 47.6 Å². The van der Waals surface area contributed by atoms with Crippen LogP contribution in [-0.4, -0.2) is 51.9 Å². The Bertz CT molecular complexity index is 1300. The molecule has 3 rings (SSSR count). The highest BCUT2D eigenvalue weighted by molar-refractivity contribution is 7.92. The molecular weight excluding hydrogens is 561 g/mol. The Hall–Kier alpha value is -3.32. The highest BCUT2D eigenvalue weighted by Crippen LogP contribution is 2.37. The smallest absolute Gasteiger partial charge is 0.417 e. The molecule has 2 aromatic carbocycles. The number of nitrogens with zero attached hydrogens (tertiary/aromatic N) is 2. The zero-order valence-corrected chi connectivity index (χ0v) is 22.6. The Labute approximate surface area is 229 Å². The summed E-state index contributed by atoms with van der Waals surface area (Å²) in [5, 5.41) is 6.12. The van der Waals surface area contributed by atoms with Crippen LogP contribution in [0.3, 0.4) is 0 Å². The molecule has 1 fully saturated rings. The summed E-state index contributed by atoms with van der Waals surface area (Å²) in [4.78, 5) is 24.4. The number of ether oxygens (including phenoxy) is 1. The van der Waals surface area contributed by atoms with Gasteiger partial charge in [-0.05, 0) is 60.9 Å². The van der Waals surface area contributed by atoms with Crippen molar-refractivity contribution in [3.63, 3.8) is 0 Å². The normalized spacial score (nSPS) is 14.7. The van der Waals surface area contributed by atoms with Gasteiger partial charge in [0.25, 0.3) is 11.8 Å². The average molecular weight is 589 g/mol. The first-order valence-electron chi connectivity index (χ1n) is 12.0. The summed E-state index contributed by atoms with van der Waals surface area (Å²) in [6.45, 7) is -0.931. The summed E-state index contributed by atoms with van der Waals surface area (Å²) in [6, 6.07) is 9.20. The van der Waals surface area contributed by atoms with Gasteiger partial charge in [0.2, 0.25) is 10.0 Å². The molecule has 0 aliphatic heterocycles. The van der Waals surface area contributed by atoms with Gasteiger partial charge >= 0.3 is 6.18 Å². The predicted molar refractivity (Wildman–Crippen MR) is 141 cm³/mol. The summed E-state index contributed by atoms with van der Waals surface area (Å²) in [5.74, 6) is -0.615. The molecule has 39 heavy (non-hydrogen) atoms. The van der Waals surface area contributed by atoms with E-state index in [0.717, 1.165) is 44.1 Å². The van der Waals surface area contributed by atoms with Crippen molar-refractivity contribution < 1.29 is 35.9 Å². The lowest BCUT2D eigenvalue weighted by atomic mass is 9.95. The van der Waals surface area contributed by atoms with Crippen molar-refractivity contribution in [2.24, 2.45) is 5.10 Å². The van der Waals surface area contributed by atoms with E-state index >= 15 is 0 Å². The van der Waals surface area contributed by atoms with Gasteiger partial charge < -0.3 is 10.1 Å².